The molecule has 5 nitrogen and oxygen atoms in total. The van der Waals surface area contributed by atoms with Crippen LogP contribution in [0.15, 0.2) is 35.8 Å². The highest BCUT2D eigenvalue weighted by atomic mass is 32.1. The number of amides is 2. The van der Waals surface area contributed by atoms with Gasteiger partial charge in [0.05, 0.1) is 0 Å². The molecule has 6 heteroatoms. The Balaban J connectivity index is 2.02. The van der Waals surface area contributed by atoms with Crippen molar-refractivity contribution in [2.24, 2.45) is 0 Å². The summed E-state index contributed by atoms with van der Waals surface area (Å²) >= 11 is 1.26. The summed E-state index contributed by atoms with van der Waals surface area (Å²) in [6.45, 7) is 1.99. The molecule has 1 heterocycles. The first-order valence-corrected chi connectivity index (χ1v) is 6.68. The van der Waals surface area contributed by atoms with Crippen molar-refractivity contribution >= 4 is 34.0 Å². The molecule has 2 N–H and O–H groups in total. The number of carbonyl (C=O) groups is 2. The average molecular weight is 275 g/mol. The molecule has 19 heavy (non-hydrogen) atoms. The summed E-state index contributed by atoms with van der Waals surface area (Å²) in [5.41, 5.74) is 1.64. The molecular weight excluding hydrogens is 262 g/mol. The Morgan fingerprint density at radius 3 is 2.63 bits per heavy atom. The molecule has 0 fully saturated rings. The van der Waals surface area contributed by atoms with Crippen LogP contribution in [0, 0.1) is 0 Å². The topological polar surface area (TPSA) is 71.1 Å². The van der Waals surface area contributed by atoms with E-state index in [1.165, 1.54) is 11.3 Å². The highest BCUT2D eigenvalue weighted by Crippen LogP contribution is 2.15. The van der Waals surface area contributed by atoms with Crippen LogP contribution >= 0.6 is 11.3 Å². The summed E-state index contributed by atoms with van der Waals surface area (Å²) in [7, 11) is 0. The fourth-order valence-corrected chi connectivity index (χ4v) is 2.09. The number of rotatable bonds is 3. The average Bonchev–Trinajstić information content (AvgIpc) is 2.92. The second-order valence-corrected chi connectivity index (χ2v) is 4.65. The Morgan fingerprint density at radius 1 is 1.21 bits per heavy atom. The lowest BCUT2D eigenvalue weighted by Crippen LogP contribution is -2.29. The lowest BCUT2D eigenvalue weighted by Gasteiger charge is -2.08. The van der Waals surface area contributed by atoms with Crippen LogP contribution in [0.5, 0.6) is 0 Å². The van der Waals surface area contributed by atoms with Crippen molar-refractivity contribution < 1.29 is 9.59 Å². The van der Waals surface area contributed by atoms with Crippen LogP contribution in [0.25, 0.3) is 0 Å². The third-order valence-electron chi connectivity index (χ3n) is 2.51. The van der Waals surface area contributed by atoms with E-state index in [1.54, 1.807) is 17.6 Å². The van der Waals surface area contributed by atoms with Crippen LogP contribution in [-0.2, 0) is 16.0 Å². The first-order valence-electron chi connectivity index (χ1n) is 5.80. The van der Waals surface area contributed by atoms with Crippen molar-refractivity contribution in [3.63, 3.8) is 0 Å². The van der Waals surface area contributed by atoms with Gasteiger partial charge in [0.15, 0.2) is 5.13 Å². The van der Waals surface area contributed by atoms with Crippen LogP contribution in [0.3, 0.4) is 0 Å². The Kier molecular flexibility index (Phi) is 4.25. The van der Waals surface area contributed by atoms with E-state index in [4.69, 9.17) is 0 Å². The molecule has 0 radical (unpaired) electrons. The van der Waals surface area contributed by atoms with Gasteiger partial charge >= 0.3 is 11.8 Å². The number of hydrogen-bond donors (Lipinski definition) is 2. The van der Waals surface area contributed by atoms with Crippen LogP contribution in [0.1, 0.15) is 12.5 Å². The van der Waals surface area contributed by atoms with Gasteiger partial charge in [-0.15, -0.1) is 11.3 Å². The summed E-state index contributed by atoms with van der Waals surface area (Å²) in [5.74, 6) is -1.42. The lowest BCUT2D eigenvalue weighted by molar-refractivity contribution is -0.133. The predicted molar refractivity (Wildman–Crippen MR) is 75.2 cm³/mol. The quantitative estimate of drug-likeness (QED) is 0.844. The van der Waals surface area contributed by atoms with Gasteiger partial charge in [0.1, 0.15) is 0 Å². The summed E-state index contributed by atoms with van der Waals surface area (Å²) < 4.78 is 0. The lowest BCUT2D eigenvalue weighted by atomic mass is 10.1. The van der Waals surface area contributed by atoms with Gasteiger partial charge in [0.25, 0.3) is 0 Å². The van der Waals surface area contributed by atoms with Gasteiger partial charge in [-0.2, -0.15) is 0 Å². The number of para-hydroxylation sites is 1. The first-order chi connectivity index (χ1) is 9.20. The minimum atomic E-state index is -0.721. The monoisotopic (exact) mass is 275 g/mol. The van der Waals surface area contributed by atoms with Crippen molar-refractivity contribution in [2.45, 2.75) is 13.3 Å². The molecule has 0 atom stereocenters. The minimum Gasteiger partial charge on any atom is -0.318 e. The highest BCUT2D eigenvalue weighted by molar-refractivity contribution is 7.13. The van der Waals surface area contributed by atoms with Gasteiger partial charge < -0.3 is 5.32 Å². The zero-order chi connectivity index (χ0) is 13.7. The fourth-order valence-electron chi connectivity index (χ4n) is 1.57. The third-order valence-corrected chi connectivity index (χ3v) is 3.19. The predicted octanol–water partition coefficient (Wildman–Crippen LogP) is 2.28. The van der Waals surface area contributed by atoms with Crippen LogP contribution in [0.4, 0.5) is 10.8 Å². The maximum atomic E-state index is 11.8. The van der Waals surface area contributed by atoms with E-state index in [-0.39, 0.29) is 0 Å². The maximum absolute atomic E-state index is 11.8. The highest BCUT2D eigenvalue weighted by Gasteiger charge is 2.15. The smallest absolute Gasteiger partial charge is 0.315 e. The van der Waals surface area contributed by atoms with Crippen molar-refractivity contribution in [1.29, 1.82) is 0 Å². The molecule has 1 aromatic carbocycles. The van der Waals surface area contributed by atoms with E-state index < -0.39 is 11.8 Å². The minimum absolute atomic E-state index is 0.406. The molecule has 0 aliphatic heterocycles. The number of anilines is 2. The third kappa shape index (κ3) is 3.38. The number of thiazole rings is 1. The normalized spacial score (nSPS) is 9.95. The molecule has 2 amide bonds. The van der Waals surface area contributed by atoms with Gasteiger partial charge in [-0.05, 0) is 18.1 Å². The maximum Gasteiger partial charge on any atom is 0.315 e. The SMILES string of the molecule is CCc1ccccc1NC(=O)C(=O)Nc1nccs1. The number of benzene rings is 1. The number of nitrogens with one attached hydrogen (secondary N) is 2. The number of hydrogen-bond acceptors (Lipinski definition) is 4. The summed E-state index contributed by atoms with van der Waals surface area (Å²) in [6.07, 6.45) is 2.34. The van der Waals surface area contributed by atoms with E-state index in [1.807, 2.05) is 25.1 Å². The van der Waals surface area contributed by atoms with Crippen molar-refractivity contribution in [3.05, 3.63) is 41.4 Å². The van der Waals surface area contributed by atoms with Gasteiger partial charge in [-0.1, -0.05) is 25.1 Å². The van der Waals surface area contributed by atoms with Gasteiger partial charge in [-0.3, -0.25) is 14.9 Å². The second-order valence-electron chi connectivity index (χ2n) is 3.76. The number of aromatic nitrogens is 1. The van der Waals surface area contributed by atoms with Crippen molar-refractivity contribution in [1.82, 2.24) is 4.98 Å². The number of aryl methyl sites for hydroxylation is 1. The van der Waals surface area contributed by atoms with E-state index >= 15 is 0 Å². The zero-order valence-corrected chi connectivity index (χ0v) is 11.2. The van der Waals surface area contributed by atoms with E-state index in [0.717, 1.165) is 12.0 Å². The second kappa shape index (κ2) is 6.10. The molecule has 2 aromatic rings. The Hall–Kier alpha value is -2.21. The molecule has 0 saturated heterocycles. The molecule has 0 aliphatic carbocycles. The molecule has 0 spiro atoms. The molecule has 98 valence electrons. The molecule has 2 rings (SSSR count). The fraction of sp³-hybridized carbons (Fsp3) is 0.154. The van der Waals surface area contributed by atoms with Crippen LogP contribution in [0.2, 0.25) is 0 Å². The first kappa shape index (κ1) is 13.2. The van der Waals surface area contributed by atoms with E-state index in [9.17, 15) is 9.59 Å². The summed E-state index contributed by atoms with van der Waals surface area (Å²) in [4.78, 5) is 27.3. The summed E-state index contributed by atoms with van der Waals surface area (Å²) in [6, 6.07) is 7.39. The molecule has 0 aliphatic rings. The van der Waals surface area contributed by atoms with Gasteiger partial charge in [0, 0.05) is 17.3 Å². The number of nitrogens with zero attached hydrogens (tertiary/aromatic N) is 1. The van der Waals surface area contributed by atoms with E-state index in [2.05, 4.69) is 15.6 Å². The Morgan fingerprint density at radius 2 is 1.95 bits per heavy atom. The van der Waals surface area contributed by atoms with Crippen LogP contribution in [-0.4, -0.2) is 16.8 Å². The molecule has 1 aromatic heterocycles. The van der Waals surface area contributed by atoms with Gasteiger partial charge in [-0.25, -0.2) is 4.98 Å². The van der Waals surface area contributed by atoms with Crippen molar-refractivity contribution in [2.75, 3.05) is 10.6 Å². The zero-order valence-electron chi connectivity index (χ0n) is 10.3. The standard InChI is InChI=1S/C13H13N3O2S/c1-2-9-5-3-4-6-10(9)15-11(17)12(18)16-13-14-7-8-19-13/h3-8H,2H2,1H3,(H,15,17)(H,14,16,18). The molecular formula is C13H13N3O2S. The van der Waals surface area contributed by atoms with Crippen LogP contribution < -0.4 is 10.6 Å². The molecule has 0 bridgehead atoms. The van der Waals surface area contributed by atoms with E-state index in [0.29, 0.717) is 10.8 Å². The Labute approximate surface area is 114 Å². The van der Waals surface area contributed by atoms with Gasteiger partial charge in [0.2, 0.25) is 0 Å². The Bertz CT molecular complexity index is 581. The number of carbonyl (C=O) groups excluding carboxylic acids is 2. The van der Waals surface area contributed by atoms with Crippen molar-refractivity contribution in [3.8, 4) is 0 Å². The summed E-state index contributed by atoms with van der Waals surface area (Å²) in [5, 5.41) is 7.16. The largest absolute Gasteiger partial charge is 0.318 e. The molecule has 0 unspecified atom stereocenters. The molecule has 0 saturated carbocycles.